The third-order valence-electron chi connectivity index (χ3n) is 3.80. The van der Waals surface area contributed by atoms with Crippen molar-refractivity contribution in [2.45, 2.75) is 25.3 Å². The minimum absolute atomic E-state index is 0.258. The number of carbonyl (C=O) groups is 2. The third kappa shape index (κ3) is 2.69. The van der Waals surface area contributed by atoms with E-state index in [1.54, 1.807) is 24.3 Å². The van der Waals surface area contributed by atoms with Crippen LogP contribution in [0.25, 0.3) is 11.4 Å². The van der Waals surface area contributed by atoms with E-state index in [1.165, 1.54) is 11.3 Å². The summed E-state index contributed by atoms with van der Waals surface area (Å²) in [4.78, 5) is 29.2. The Morgan fingerprint density at radius 2 is 2.00 bits per heavy atom. The number of carboxylic acid groups (broad SMARTS) is 1. The topological polar surface area (TPSA) is 96.5 Å². The van der Waals surface area contributed by atoms with Gasteiger partial charge in [0.2, 0.25) is 12.2 Å². The number of hydrogen-bond donors (Lipinski definition) is 1. The Morgan fingerprint density at radius 1 is 1.23 bits per heavy atom. The molecule has 7 nitrogen and oxygen atoms in total. The van der Waals surface area contributed by atoms with Gasteiger partial charge in [-0.15, -0.1) is 0 Å². The minimum atomic E-state index is -0.948. The summed E-state index contributed by atoms with van der Waals surface area (Å²) in [6.07, 6.45) is 3.40. The van der Waals surface area contributed by atoms with E-state index in [0.717, 1.165) is 18.4 Å². The Morgan fingerprint density at radius 3 is 2.64 bits per heavy atom. The Labute approximate surface area is 126 Å². The van der Waals surface area contributed by atoms with Gasteiger partial charge in [-0.3, -0.25) is 4.79 Å². The highest BCUT2D eigenvalue weighted by atomic mass is 16.5. The molecule has 1 atom stereocenters. The number of amides is 1. The average molecular weight is 301 g/mol. The lowest BCUT2D eigenvalue weighted by atomic mass is 10.0. The molecule has 0 spiro atoms. The average Bonchev–Trinajstić information content (AvgIpc) is 3.09. The molecule has 0 bridgehead atoms. The molecule has 114 valence electrons. The predicted octanol–water partition coefficient (Wildman–Crippen LogP) is 1.82. The summed E-state index contributed by atoms with van der Waals surface area (Å²) < 4.78 is 4.68. The largest absolute Gasteiger partial charge is 0.480 e. The minimum Gasteiger partial charge on any atom is -0.480 e. The highest BCUT2D eigenvalue weighted by molar-refractivity contribution is 5.97. The Bertz CT molecular complexity index is 667. The van der Waals surface area contributed by atoms with E-state index in [9.17, 15) is 14.7 Å². The van der Waals surface area contributed by atoms with Crippen LogP contribution in [0, 0.1) is 0 Å². The number of aliphatic carboxylic acids is 1. The zero-order chi connectivity index (χ0) is 15.5. The van der Waals surface area contributed by atoms with Gasteiger partial charge >= 0.3 is 5.97 Å². The first-order chi connectivity index (χ1) is 10.7. The molecule has 1 amide bonds. The monoisotopic (exact) mass is 301 g/mol. The third-order valence-corrected chi connectivity index (χ3v) is 3.80. The van der Waals surface area contributed by atoms with Gasteiger partial charge < -0.3 is 14.5 Å². The molecule has 1 aliphatic rings. The van der Waals surface area contributed by atoms with E-state index in [-0.39, 0.29) is 5.91 Å². The van der Waals surface area contributed by atoms with Crippen molar-refractivity contribution in [3.05, 3.63) is 36.2 Å². The summed E-state index contributed by atoms with van der Waals surface area (Å²) in [6.45, 7) is 0.475. The van der Waals surface area contributed by atoms with Crippen LogP contribution >= 0.6 is 0 Å². The van der Waals surface area contributed by atoms with Crippen molar-refractivity contribution in [2.75, 3.05) is 6.54 Å². The normalized spacial score (nSPS) is 18.2. The van der Waals surface area contributed by atoms with Crippen molar-refractivity contribution in [3.63, 3.8) is 0 Å². The van der Waals surface area contributed by atoms with E-state index in [4.69, 9.17) is 0 Å². The second-order valence-electron chi connectivity index (χ2n) is 5.18. The first-order valence-corrected chi connectivity index (χ1v) is 7.07. The van der Waals surface area contributed by atoms with Crippen LogP contribution in [0.2, 0.25) is 0 Å². The number of rotatable bonds is 3. The maximum Gasteiger partial charge on any atom is 0.326 e. The second kappa shape index (κ2) is 5.97. The van der Waals surface area contributed by atoms with Gasteiger partial charge in [-0.05, 0) is 31.4 Å². The van der Waals surface area contributed by atoms with Gasteiger partial charge in [-0.2, -0.15) is 4.98 Å². The molecule has 0 aliphatic carbocycles. The van der Waals surface area contributed by atoms with Gasteiger partial charge in [0.25, 0.3) is 5.91 Å². The fourth-order valence-electron chi connectivity index (χ4n) is 2.66. The molecule has 0 radical (unpaired) electrons. The van der Waals surface area contributed by atoms with Gasteiger partial charge in [0.15, 0.2) is 0 Å². The van der Waals surface area contributed by atoms with Crippen LogP contribution in [0.15, 0.2) is 35.2 Å². The molecule has 1 aliphatic heterocycles. The number of aromatic nitrogens is 2. The summed E-state index contributed by atoms with van der Waals surface area (Å²) in [7, 11) is 0. The summed E-state index contributed by atoms with van der Waals surface area (Å²) >= 11 is 0. The molecule has 1 fully saturated rings. The molecule has 0 saturated carbocycles. The molecule has 1 aromatic carbocycles. The molecular weight excluding hydrogens is 286 g/mol. The van der Waals surface area contributed by atoms with Gasteiger partial charge in [-0.25, -0.2) is 4.79 Å². The first-order valence-electron chi connectivity index (χ1n) is 7.07. The first kappa shape index (κ1) is 14.2. The summed E-state index contributed by atoms with van der Waals surface area (Å²) in [5.74, 6) is -0.761. The van der Waals surface area contributed by atoms with Gasteiger partial charge in [0.05, 0.1) is 0 Å². The molecule has 7 heteroatoms. The van der Waals surface area contributed by atoms with E-state index in [0.29, 0.717) is 24.4 Å². The number of piperidine rings is 1. The smallest absolute Gasteiger partial charge is 0.326 e. The lowest BCUT2D eigenvalue weighted by Crippen LogP contribution is -2.47. The Balaban J connectivity index is 1.81. The van der Waals surface area contributed by atoms with Crippen LogP contribution in [0.1, 0.15) is 29.6 Å². The molecule has 1 N–H and O–H groups in total. The van der Waals surface area contributed by atoms with E-state index < -0.39 is 12.0 Å². The van der Waals surface area contributed by atoms with Crippen molar-refractivity contribution >= 4 is 11.9 Å². The Hall–Kier alpha value is -2.70. The number of likely N-dealkylation sites (tertiary alicyclic amines) is 1. The van der Waals surface area contributed by atoms with Gasteiger partial charge in [0.1, 0.15) is 6.04 Å². The maximum absolute atomic E-state index is 12.5. The van der Waals surface area contributed by atoms with Gasteiger partial charge in [0, 0.05) is 17.7 Å². The standard InChI is InChI=1S/C15H15N3O4/c19-14(18-8-2-1-3-12(18)15(20)21)11-6-4-10(5-7-11)13-16-9-22-17-13/h4-7,9,12H,1-3,8H2,(H,20,21). The van der Waals surface area contributed by atoms with Crippen molar-refractivity contribution in [1.82, 2.24) is 15.0 Å². The number of carboxylic acids is 1. The lowest BCUT2D eigenvalue weighted by Gasteiger charge is -2.33. The fourth-order valence-corrected chi connectivity index (χ4v) is 2.66. The molecule has 3 rings (SSSR count). The molecule has 1 unspecified atom stereocenters. The van der Waals surface area contributed by atoms with Crippen molar-refractivity contribution < 1.29 is 19.2 Å². The summed E-state index contributed by atoms with van der Waals surface area (Å²) in [5, 5.41) is 13.0. The zero-order valence-electron chi connectivity index (χ0n) is 11.8. The number of carbonyl (C=O) groups excluding carboxylic acids is 1. The molecule has 1 aromatic heterocycles. The molecular formula is C15H15N3O4. The van der Waals surface area contributed by atoms with E-state index >= 15 is 0 Å². The molecule has 2 heterocycles. The second-order valence-corrected chi connectivity index (χ2v) is 5.18. The fraction of sp³-hybridized carbons (Fsp3) is 0.333. The highest BCUT2D eigenvalue weighted by Crippen LogP contribution is 2.21. The van der Waals surface area contributed by atoms with Crippen molar-refractivity contribution in [1.29, 1.82) is 0 Å². The van der Waals surface area contributed by atoms with Crippen LogP contribution in [0.4, 0.5) is 0 Å². The SMILES string of the molecule is O=C(O)C1CCCCN1C(=O)c1ccc(-c2ncon2)cc1. The van der Waals surface area contributed by atoms with E-state index in [2.05, 4.69) is 14.7 Å². The predicted molar refractivity (Wildman–Crippen MR) is 76.0 cm³/mol. The molecule has 22 heavy (non-hydrogen) atoms. The highest BCUT2D eigenvalue weighted by Gasteiger charge is 2.32. The van der Waals surface area contributed by atoms with Crippen molar-refractivity contribution in [2.24, 2.45) is 0 Å². The van der Waals surface area contributed by atoms with Crippen molar-refractivity contribution in [3.8, 4) is 11.4 Å². The number of nitrogens with zero attached hydrogens (tertiary/aromatic N) is 3. The lowest BCUT2D eigenvalue weighted by molar-refractivity contribution is -0.143. The quantitative estimate of drug-likeness (QED) is 0.928. The van der Waals surface area contributed by atoms with Crippen LogP contribution in [0.3, 0.4) is 0 Å². The Kier molecular flexibility index (Phi) is 3.86. The zero-order valence-corrected chi connectivity index (χ0v) is 11.8. The van der Waals surface area contributed by atoms with Crippen LogP contribution in [0.5, 0.6) is 0 Å². The number of hydrogen-bond acceptors (Lipinski definition) is 5. The molecule has 1 saturated heterocycles. The summed E-state index contributed by atoms with van der Waals surface area (Å²) in [5.41, 5.74) is 1.19. The van der Waals surface area contributed by atoms with Crippen LogP contribution in [-0.2, 0) is 4.79 Å². The molecule has 2 aromatic rings. The van der Waals surface area contributed by atoms with Crippen LogP contribution in [-0.4, -0.2) is 44.6 Å². The van der Waals surface area contributed by atoms with E-state index in [1.807, 2.05) is 0 Å². The van der Waals surface area contributed by atoms with Gasteiger partial charge in [-0.1, -0.05) is 17.3 Å². The number of benzene rings is 1. The summed E-state index contributed by atoms with van der Waals surface area (Å²) in [6, 6.07) is 6.01. The maximum atomic E-state index is 12.5. The van der Waals surface area contributed by atoms with Crippen LogP contribution < -0.4 is 0 Å².